The largest absolute Gasteiger partial charge is 0.466 e. The minimum Gasteiger partial charge on any atom is -0.466 e. The fraction of sp³-hybridized carbons (Fsp3) is 0.688. The van der Waals surface area contributed by atoms with Crippen molar-refractivity contribution in [2.24, 2.45) is 17.1 Å². The lowest BCUT2D eigenvalue weighted by molar-refractivity contribution is -0.124. The van der Waals surface area contributed by atoms with E-state index in [-0.39, 0.29) is 23.3 Å². The third kappa shape index (κ3) is 3.06. The predicted molar refractivity (Wildman–Crippen MR) is 79.2 cm³/mol. The van der Waals surface area contributed by atoms with Crippen LogP contribution in [0.15, 0.2) is 10.5 Å². The Morgan fingerprint density at radius 3 is 2.75 bits per heavy atom. The van der Waals surface area contributed by atoms with Crippen molar-refractivity contribution < 1.29 is 9.21 Å². The zero-order valence-corrected chi connectivity index (χ0v) is 13.1. The molecule has 0 bridgehead atoms. The van der Waals surface area contributed by atoms with Gasteiger partial charge in [-0.05, 0) is 30.7 Å². The first-order chi connectivity index (χ1) is 9.19. The number of fused-ring (bicyclic) bond motifs is 1. The summed E-state index contributed by atoms with van der Waals surface area (Å²) in [5.74, 6) is 1.96. The van der Waals surface area contributed by atoms with Crippen molar-refractivity contribution in [3.8, 4) is 0 Å². The van der Waals surface area contributed by atoms with Gasteiger partial charge in [-0.15, -0.1) is 0 Å². The zero-order chi connectivity index (χ0) is 15.1. The van der Waals surface area contributed by atoms with Crippen molar-refractivity contribution in [3.05, 3.63) is 23.2 Å². The predicted octanol–water partition coefficient (Wildman–Crippen LogP) is 2.70. The van der Waals surface area contributed by atoms with Crippen LogP contribution in [0.1, 0.15) is 57.2 Å². The molecule has 1 aliphatic carbocycles. The average molecular weight is 278 g/mol. The molecule has 4 heteroatoms. The molecule has 1 aromatic heterocycles. The quantitative estimate of drug-likeness (QED) is 0.893. The lowest BCUT2D eigenvalue weighted by Crippen LogP contribution is -2.46. The topological polar surface area (TPSA) is 68.3 Å². The molecule has 2 rings (SSSR count). The van der Waals surface area contributed by atoms with Gasteiger partial charge in [0.15, 0.2) is 0 Å². The van der Waals surface area contributed by atoms with Crippen LogP contribution in [0.3, 0.4) is 0 Å². The first-order valence-corrected chi connectivity index (χ1v) is 7.35. The molecule has 2 atom stereocenters. The van der Waals surface area contributed by atoms with Gasteiger partial charge >= 0.3 is 0 Å². The van der Waals surface area contributed by atoms with Crippen molar-refractivity contribution >= 4 is 5.91 Å². The minimum atomic E-state index is -0.462. The minimum absolute atomic E-state index is 0.00324. The van der Waals surface area contributed by atoms with Gasteiger partial charge in [-0.1, -0.05) is 27.7 Å². The van der Waals surface area contributed by atoms with Gasteiger partial charge in [0.1, 0.15) is 11.5 Å². The molecule has 1 aliphatic rings. The summed E-state index contributed by atoms with van der Waals surface area (Å²) in [7, 11) is 0. The van der Waals surface area contributed by atoms with E-state index in [0.29, 0.717) is 0 Å². The van der Waals surface area contributed by atoms with E-state index in [0.717, 1.165) is 29.9 Å². The maximum atomic E-state index is 12.2. The van der Waals surface area contributed by atoms with Gasteiger partial charge in [0.05, 0.1) is 12.1 Å². The molecule has 0 saturated carbocycles. The van der Waals surface area contributed by atoms with Crippen LogP contribution in [0.4, 0.5) is 0 Å². The molecule has 3 N–H and O–H groups in total. The van der Waals surface area contributed by atoms with E-state index in [2.05, 4.69) is 19.2 Å². The molecule has 0 aromatic carbocycles. The van der Waals surface area contributed by atoms with Crippen LogP contribution in [0.5, 0.6) is 0 Å². The Kier molecular flexibility index (Phi) is 3.96. The molecule has 1 aromatic rings. The molecular weight excluding hydrogens is 252 g/mol. The Labute approximate surface area is 121 Å². The number of carbonyl (C=O) groups excluding carboxylic acids is 1. The van der Waals surface area contributed by atoms with E-state index in [1.807, 2.05) is 26.8 Å². The molecule has 1 amide bonds. The van der Waals surface area contributed by atoms with Gasteiger partial charge in [-0.3, -0.25) is 4.79 Å². The number of nitrogens with two attached hydrogens (primary N) is 1. The summed E-state index contributed by atoms with van der Waals surface area (Å²) >= 11 is 0. The van der Waals surface area contributed by atoms with Crippen LogP contribution in [-0.2, 0) is 11.2 Å². The highest BCUT2D eigenvalue weighted by Gasteiger charge is 2.36. The molecule has 0 aliphatic heterocycles. The molecule has 20 heavy (non-hydrogen) atoms. The van der Waals surface area contributed by atoms with Gasteiger partial charge in [0.25, 0.3) is 0 Å². The molecule has 4 nitrogen and oxygen atoms in total. The van der Waals surface area contributed by atoms with Crippen LogP contribution in [0.2, 0.25) is 0 Å². The second-order valence-corrected chi connectivity index (χ2v) is 7.11. The molecular formula is C16H26N2O2. The Hall–Kier alpha value is -1.29. The number of rotatable bonds is 3. The van der Waals surface area contributed by atoms with Crippen molar-refractivity contribution in [1.29, 1.82) is 0 Å². The van der Waals surface area contributed by atoms with Crippen LogP contribution in [0, 0.1) is 18.3 Å². The standard InChI is InChI=1S/C16H26N2O2/c1-9(2)14(17)15(19)18-12-7-16(4,5)8-13-11(12)6-10(3)20-13/h6,9,12,14H,7-8,17H2,1-5H3,(H,18,19)/t12?,14-/m0/s1. The van der Waals surface area contributed by atoms with Crippen molar-refractivity contribution in [2.75, 3.05) is 0 Å². The maximum Gasteiger partial charge on any atom is 0.237 e. The first-order valence-electron chi connectivity index (χ1n) is 7.35. The average Bonchev–Trinajstić information content (AvgIpc) is 2.66. The second-order valence-electron chi connectivity index (χ2n) is 7.11. The Morgan fingerprint density at radius 1 is 1.50 bits per heavy atom. The van der Waals surface area contributed by atoms with Crippen molar-refractivity contribution in [3.63, 3.8) is 0 Å². The Bertz CT molecular complexity index is 503. The summed E-state index contributed by atoms with van der Waals surface area (Å²) in [5.41, 5.74) is 7.17. The fourth-order valence-electron chi connectivity index (χ4n) is 2.88. The van der Waals surface area contributed by atoms with E-state index >= 15 is 0 Å². The van der Waals surface area contributed by atoms with Gasteiger partial charge in [0, 0.05) is 12.0 Å². The van der Waals surface area contributed by atoms with Crippen molar-refractivity contribution in [2.45, 2.75) is 59.5 Å². The van der Waals surface area contributed by atoms with Crippen LogP contribution >= 0.6 is 0 Å². The molecule has 0 saturated heterocycles. The van der Waals surface area contributed by atoms with Gasteiger partial charge in [-0.25, -0.2) is 0 Å². The number of aryl methyl sites for hydroxylation is 1. The molecule has 0 radical (unpaired) electrons. The summed E-state index contributed by atoms with van der Waals surface area (Å²) in [6.07, 6.45) is 1.83. The molecule has 0 spiro atoms. The molecule has 1 heterocycles. The van der Waals surface area contributed by atoms with Crippen LogP contribution in [-0.4, -0.2) is 11.9 Å². The summed E-state index contributed by atoms with van der Waals surface area (Å²) in [6, 6.07) is 1.58. The lowest BCUT2D eigenvalue weighted by Gasteiger charge is -2.35. The van der Waals surface area contributed by atoms with E-state index in [4.69, 9.17) is 10.2 Å². The van der Waals surface area contributed by atoms with E-state index in [1.165, 1.54) is 0 Å². The Morgan fingerprint density at radius 2 is 2.15 bits per heavy atom. The highest BCUT2D eigenvalue weighted by Crippen LogP contribution is 2.42. The van der Waals surface area contributed by atoms with E-state index < -0.39 is 6.04 Å². The summed E-state index contributed by atoms with van der Waals surface area (Å²) in [6.45, 7) is 10.3. The summed E-state index contributed by atoms with van der Waals surface area (Å²) in [5, 5.41) is 3.10. The molecule has 0 fully saturated rings. The molecule has 1 unspecified atom stereocenters. The number of hydrogen-bond acceptors (Lipinski definition) is 3. The van der Waals surface area contributed by atoms with Crippen LogP contribution in [0.25, 0.3) is 0 Å². The smallest absolute Gasteiger partial charge is 0.237 e. The van der Waals surface area contributed by atoms with Gasteiger partial charge < -0.3 is 15.5 Å². The van der Waals surface area contributed by atoms with E-state index in [1.54, 1.807) is 0 Å². The van der Waals surface area contributed by atoms with Gasteiger partial charge in [-0.2, -0.15) is 0 Å². The third-order valence-electron chi connectivity index (χ3n) is 4.07. The second kappa shape index (κ2) is 5.24. The normalized spacial score (nSPS) is 22.4. The number of furan rings is 1. The monoisotopic (exact) mass is 278 g/mol. The number of carbonyl (C=O) groups is 1. The highest BCUT2D eigenvalue weighted by atomic mass is 16.3. The maximum absolute atomic E-state index is 12.2. The SMILES string of the molecule is Cc1cc2c(o1)CC(C)(C)CC2NC(=O)[C@@H](N)C(C)C. The van der Waals surface area contributed by atoms with Crippen molar-refractivity contribution in [1.82, 2.24) is 5.32 Å². The summed E-state index contributed by atoms with van der Waals surface area (Å²) in [4.78, 5) is 12.2. The number of amides is 1. The number of nitrogens with one attached hydrogen (secondary N) is 1. The van der Waals surface area contributed by atoms with Gasteiger partial charge in [0.2, 0.25) is 5.91 Å². The fourth-order valence-corrected chi connectivity index (χ4v) is 2.88. The third-order valence-corrected chi connectivity index (χ3v) is 4.07. The first kappa shape index (κ1) is 15.1. The Balaban J connectivity index is 2.21. The lowest BCUT2D eigenvalue weighted by atomic mass is 9.74. The van der Waals surface area contributed by atoms with Crippen LogP contribution < -0.4 is 11.1 Å². The molecule has 112 valence electrons. The number of hydrogen-bond donors (Lipinski definition) is 2. The zero-order valence-electron chi connectivity index (χ0n) is 13.1. The van der Waals surface area contributed by atoms with E-state index in [9.17, 15) is 4.79 Å². The summed E-state index contributed by atoms with van der Waals surface area (Å²) < 4.78 is 5.78. The highest BCUT2D eigenvalue weighted by molar-refractivity contribution is 5.82.